The van der Waals surface area contributed by atoms with Gasteiger partial charge in [0.1, 0.15) is 0 Å². The highest BCUT2D eigenvalue weighted by atomic mass is 16.1. The van der Waals surface area contributed by atoms with E-state index in [9.17, 15) is 4.79 Å². The average molecular weight is 250 g/mol. The standard InChI is InChI=1S/C15H26N2O/c1-5-13(6-2)17(10-12(3)4)11-15(18)14-8-7-9-16-14/h7-9,12-13,16H,5-6,10-11H2,1-4H3. The third kappa shape index (κ3) is 4.30. The van der Waals surface area contributed by atoms with Crippen molar-refractivity contribution in [2.75, 3.05) is 13.1 Å². The maximum absolute atomic E-state index is 12.2. The first kappa shape index (κ1) is 15.0. The van der Waals surface area contributed by atoms with E-state index in [4.69, 9.17) is 0 Å². The zero-order valence-corrected chi connectivity index (χ0v) is 12.1. The van der Waals surface area contributed by atoms with Crippen molar-refractivity contribution in [3.05, 3.63) is 24.0 Å². The molecule has 1 N–H and O–H groups in total. The summed E-state index contributed by atoms with van der Waals surface area (Å²) in [4.78, 5) is 17.5. The molecule has 0 radical (unpaired) electrons. The van der Waals surface area contributed by atoms with Crippen LogP contribution in [0.3, 0.4) is 0 Å². The van der Waals surface area contributed by atoms with Crippen LogP contribution in [-0.2, 0) is 0 Å². The number of hydrogen-bond acceptors (Lipinski definition) is 2. The molecule has 0 spiro atoms. The summed E-state index contributed by atoms with van der Waals surface area (Å²) in [5.74, 6) is 0.773. The molecule has 18 heavy (non-hydrogen) atoms. The monoisotopic (exact) mass is 250 g/mol. The summed E-state index contributed by atoms with van der Waals surface area (Å²) in [7, 11) is 0. The Balaban J connectivity index is 2.68. The largest absolute Gasteiger partial charge is 0.359 e. The van der Waals surface area contributed by atoms with Crippen LogP contribution in [0.15, 0.2) is 18.3 Å². The van der Waals surface area contributed by atoms with Gasteiger partial charge in [-0.3, -0.25) is 9.69 Å². The van der Waals surface area contributed by atoms with E-state index in [0.717, 1.165) is 25.1 Å². The van der Waals surface area contributed by atoms with E-state index in [0.29, 0.717) is 18.5 Å². The van der Waals surface area contributed by atoms with Crippen molar-refractivity contribution in [3.8, 4) is 0 Å². The molecule has 1 aromatic rings. The molecule has 0 bridgehead atoms. The van der Waals surface area contributed by atoms with Crippen LogP contribution in [0.25, 0.3) is 0 Å². The molecule has 1 aromatic heterocycles. The molecule has 0 aromatic carbocycles. The lowest BCUT2D eigenvalue weighted by Crippen LogP contribution is -2.40. The van der Waals surface area contributed by atoms with Crippen molar-refractivity contribution in [2.24, 2.45) is 5.92 Å². The fourth-order valence-corrected chi connectivity index (χ4v) is 2.39. The minimum Gasteiger partial charge on any atom is -0.359 e. The lowest BCUT2D eigenvalue weighted by atomic mass is 10.1. The molecule has 0 saturated carbocycles. The molecule has 1 rings (SSSR count). The Morgan fingerprint density at radius 1 is 1.33 bits per heavy atom. The first-order chi connectivity index (χ1) is 8.58. The summed E-state index contributed by atoms with van der Waals surface area (Å²) in [5.41, 5.74) is 0.717. The number of carbonyl (C=O) groups is 1. The van der Waals surface area contributed by atoms with Gasteiger partial charge in [0.25, 0.3) is 0 Å². The minimum atomic E-state index is 0.188. The van der Waals surface area contributed by atoms with Crippen LogP contribution in [0.4, 0.5) is 0 Å². The summed E-state index contributed by atoms with van der Waals surface area (Å²) in [5, 5.41) is 0. The van der Waals surface area contributed by atoms with E-state index in [1.54, 1.807) is 6.20 Å². The molecule has 0 unspecified atom stereocenters. The van der Waals surface area contributed by atoms with Crippen LogP contribution in [-0.4, -0.2) is 34.8 Å². The second-order valence-corrected chi connectivity index (χ2v) is 5.30. The fraction of sp³-hybridized carbons (Fsp3) is 0.667. The Morgan fingerprint density at radius 3 is 2.44 bits per heavy atom. The minimum absolute atomic E-state index is 0.188. The molecule has 0 atom stereocenters. The van der Waals surface area contributed by atoms with Crippen molar-refractivity contribution in [1.82, 2.24) is 9.88 Å². The number of carbonyl (C=O) groups excluding carboxylic acids is 1. The molecule has 102 valence electrons. The number of nitrogens with one attached hydrogen (secondary N) is 1. The van der Waals surface area contributed by atoms with Gasteiger partial charge in [-0.15, -0.1) is 0 Å². The van der Waals surface area contributed by atoms with E-state index < -0.39 is 0 Å². The summed E-state index contributed by atoms with van der Waals surface area (Å²) in [6.07, 6.45) is 4.00. The first-order valence-corrected chi connectivity index (χ1v) is 6.99. The second-order valence-electron chi connectivity index (χ2n) is 5.30. The van der Waals surface area contributed by atoms with E-state index in [-0.39, 0.29) is 5.78 Å². The highest BCUT2D eigenvalue weighted by Gasteiger charge is 2.20. The van der Waals surface area contributed by atoms with Crippen LogP contribution in [0.1, 0.15) is 51.0 Å². The van der Waals surface area contributed by atoms with E-state index >= 15 is 0 Å². The predicted molar refractivity (Wildman–Crippen MR) is 75.9 cm³/mol. The summed E-state index contributed by atoms with van der Waals surface area (Å²) >= 11 is 0. The van der Waals surface area contributed by atoms with E-state index in [1.807, 2.05) is 12.1 Å². The third-order valence-corrected chi connectivity index (χ3v) is 3.30. The normalized spacial score (nSPS) is 11.7. The zero-order chi connectivity index (χ0) is 13.5. The van der Waals surface area contributed by atoms with Crippen molar-refractivity contribution in [1.29, 1.82) is 0 Å². The number of H-pyrrole nitrogens is 1. The topological polar surface area (TPSA) is 36.1 Å². The van der Waals surface area contributed by atoms with E-state index in [1.165, 1.54) is 0 Å². The van der Waals surface area contributed by atoms with Gasteiger partial charge in [0.15, 0.2) is 5.78 Å². The maximum atomic E-state index is 12.2. The van der Waals surface area contributed by atoms with E-state index in [2.05, 4.69) is 37.6 Å². The maximum Gasteiger partial charge on any atom is 0.192 e. The van der Waals surface area contributed by atoms with Gasteiger partial charge in [-0.25, -0.2) is 0 Å². The first-order valence-electron chi connectivity index (χ1n) is 6.99. The number of hydrogen-bond donors (Lipinski definition) is 1. The van der Waals surface area contributed by atoms with Gasteiger partial charge in [-0.05, 0) is 30.9 Å². The molecule has 1 heterocycles. The molecule has 3 heteroatoms. The third-order valence-electron chi connectivity index (χ3n) is 3.30. The Labute approximate surface area is 111 Å². The average Bonchev–Trinajstić information content (AvgIpc) is 2.83. The highest BCUT2D eigenvalue weighted by Crippen LogP contribution is 2.12. The van der Waals surface area contributed by atoms with Crippen LogP contribution in [0.5, 0.6) is 0 Å². The predicted octanol–water partition coefficient (Wildman–Crippen LogP) is 3.34. The molecule has 0 saturated heterocycles. The fourth-order valence-electron chi connectivity index (χ4n) is 2.39. The van der Waals surface area contributed by atoms with Crippen LogP contribution >= 0.6 is 0 Å². The number of aromatic nitrogens is 1. The summed E-state index contributed by atoms with van der Waals surface area (Å²) < 4.78 is 0. The molecule has 0 fully saturated rings. The number of aromatic amines is 1. The Hall–Kier alpha value is -1.09. The molecular weight excluding hydrogens is 224 g/mol. The number of Topliss-reactive ketones (excluding diaryl/α,β-unsaturated/α-hetero) is 1. The lowest BCUT2D eigenvalue weighted by molar-refractivity contribution is 0.0861. The second kappa shape index (κ2) is 7.37. The Kier molecular flexibility index (Phi) is 6.13. The van der Waals surface area contributed by atoms with Gasteiger partial charge < -0.3 is 4.98 Å². The summed E-state index contributed by atoms with van der Waals surface area (Å²) in [6, 6.07) is 4.23. The molecule has 0 aliphatic rings. The number of ketones is 1. The van der Waals surface area contributed by atoms with Crippen LogP contribution in [0.2, 0.25) is 0 Å². The molecular formula is C15H26N2O. The van der Waals surface area contributed by atoms with Crippen LogP contribution < -0.4 is 0 Å². The van der Waals surface area contributed by atoms with Gasteiger partial charge in [0.05, 0.1) is 12.2 Å². The zero-order valence-electron chi connectivity index (χ0n) is 12.1. The SMILES string of the molecule is CCC(CC)N(CC(=O)c1ccc[nH]1)CC(C)C. The molecule has 0 aliphatic carbocycles. The van der Waals surface area contributed by atoms with Crippen molar-refractivity contribution >= 4 is 5.78 Å². The molecule has 3 nitrogen and oxygen atoms in total. The van der Waals surface area contributed by atoms with Crippen molar-refractivity contribution < 1.29 is 4.79 Å². The highest BCUT2D eigenvalue weighted by molar-refractivity contribution is 5.95. The van der Waals surface area contributed by atoms with Gasteiger partial charge >= 0.3 is 0 Å². The Morgan fingerprint density at radius 2 is 2.00 bits per heavy atom. The van der Waals surface area contributed by atoms with Gasteiger partial charge in [-0.1, -0.05) is 27.7 Å². The van der Waals surface area contributed by atoms with Crippen LogP contribution in [0, 0.1) is 5.92 Å². The number of nitrogens with zero attached hydrogens (tertiary/aromatic N) is 1. The van der Waals surface area contributed by atoms with Crippen molar-refractivity contribution in [2.45, 2.75) is 46.6 Å². The van der Waals surface area contributed by atoms with Gasteiger partial charge in [-0.2, -0.15) is 0 Å². The molecule has 0 amide bonds. The van der Waals surface area contributed by atoms with Crippen molar-refractivity contribution in [3.63, 3.8) is 0 Å². The summed E-state index contributed by atoms with van der Waals surface area (Å²) in [6.45, 7) is 10.3. The van der Waals surface area contributed by atoms with Gasteiger partial charge in [0.2, 0.25) is 0 Å². The Bertz CT molecular complexity index is 339. The smallest absolute Gasteiger partial charge is 0.192 e. The lowest BCUT2D eigenvalue weighted by Gasteiger charge is -2.31. The van der Waals surface area contributed by atoms with Gasteiger partial charge in [0, 0.05) is 18.8 Å². The number of rotatable bonds is 8. The quantitative estimate of drug-likeness (QED) is 0.718. The molecule has 0 aliphatic heterocycles.